The van der Waals surface area contributed by atoms with E-state index in [1.807, 2.05) is 0 Å². The van der Waals surface area contributed by atoms with E-state index >= 15 is 0 Å². The molecule has 4 aliphatic rings. The number of piperidine rings is 2. The molecule has 0 radical (unpaired) electrons. The molecular weight excluding hydrogens is 1130 g/mol. The van der Waals surface area contributed by atoms with Gasteiger partial charge in [-0.1, -0.05) is 0 Å². The summed E-state index contributed by atoms with van der Waals surface area (Å²) in [6.07, 6.45) is 5.56. The van der Waals surface area contributed by atoms with Gasteiger partial charge in [0.2, 0.25) is 0 Å². The van der Waals surface area contributed by atoms with Crippen LogP contribution in [0.2, 0.25) is 0 Å². The average Bonchev–Trinajstić information content (AvgIpc) is 3.98. The van der Waals surface area contributed by atoms with Crippen molar-refractivity contribution in [3.05, 3.63) is 103 Å². The van der Waals surface area contributed by atoms with Crippen LogP contribution in [0.3, 0.4) is 0 Å². The number of aromatic nitrogens is 2. The Balaban J connectivity index is 0.000000261. The molecule has 0 spiro atoms. The summed E-state index contributed by atoms with van der Waals surface area (Å²) in [4.78, 5) is 73.3. The standard InChI is InChI=1S/C22H26N4O6S.C18H20N4O4S.C4H7ClO2.CH3.W/c1-14(2)32-22(29)25-10-7-15(8-11-25)13-23-20(27)16-5-6-19-17(12-16)24-21(28)18-4-3-9-26(18)33(19,30)31;23-17(20-11-12-5-7-19-8-6-12)13-3-4-16-14(10-13)21-18(24)15-2-1-9-22(15)27(16,25)26;1-3(2)7-4(5)6;;/h3-6,9,12,14-15H,7-8,10-11,13H2,1-2H3,(H,23,27)(H,24,28);1-4,9-10,12,19H,5-8,11H2,(H,20,23)(H,21,24);3H,1-2H3;1H3;/q;;;-1;. The number of benzene rings is 2. The molecule has 5 N–H and O–H groups in total. The predicted octanol–water partition coefficient (Wildman–Crippen LogP) is 5.52. The van der Waals surface area contributed by atoms with Crippen LogP contribution >= 0.6 is 11.6 Å². The zero-order valence-electron chi connectivity index (χ0n) is 38.7. The van der Waals surface area contributed by atoms with Gasteiger partial charge in [-0.25, -0.2) is 34.4 Å². The first-order valence-electron chi connectivity index (χ1n) is 21.6. The summed E-state index contributed by atoms with van der Waals surface area (Å²) >= 11 is 4.81. The Hall–Kier alpha value is -5.54. The molecule has 2 fully saturated rings. The number of ether oxygens (including phenoxy) is 2. The zero-order chi connectivity index (χ0) is 48.6. The molecule has 24 heteroatoms. The monoisotopic (exact) mass is 1180 g/mol. The largest absolute Gasteiger partial charge is 0.451 e. The fourth-order valence-corrected chi connectivity index (χ4v) is 10.7. The molecule has 2 aromatic carbocycles. The first-order chi connectivity index (χ1) is 31.8. The third kappa shape index (κ3) is 13.8. The fraction of sp³-hybridized carbons (Fsp3) is 0.400. The van der Waals surface area contributed by atoms with Crippen molar-refractivity contribution < 1.29 is 76.1 Å². The Morgan fingerprint density at radius 1 is 0.681 bits per heavy atom. The van der Waals surface area contributed by atoms with E-state index in [1.54, 1.807) is 32.6 Å². The normalized spacial score (nSPS) is 16.7. The van der Waals surface area contributed by atoms with Crippen LogP contribution in [0.4, 0.5) is 21.0 Å². The minimum atomic E-state index is -3.96. The number of nitrogens with one attached hydrogen (secondary N) is 5. The van der Waals surface area contributed by atoms with E-state index in [4.69, 9.17) is 16.3 Å². The van der Waals surface area contributed by atoms with Gasteiger partial charge in [-0.15, -0.1) is 0 Å². The third-order valence-corrected chi connectivity index (χ3v) is 14.6. The number of carbonyl (C=O) groups is 6. The fourth-order valence-electron chi connectivity index (χ4n) is 7.62. The van der Waals surface area contributed by atoms with Gasteiger partial charge in [-0.3, -0.25) is 19.2 Å². The molecule has 8 rings (SSSR count). The second-order valence-corrected chi connectivity index (χ2v) is 20.5. The van der Waals surface area contributed by atoms with E-state index in [0.717, 1.165) is 46.7 Å². The van der Waals surface area contributed by atoms with Gasteiger partial charge in [-0.05, 0) is 139 Å². The van der Waals surface area contributed by atoms with Gasteiger partial charge in [0.25, 0.3) is 43.7 Å². The Labute approximate surface area is 420 Å². The number of fused-ring (bicyclic) bond motifs is 4. The van der Waals surface area contributed by atoms with Crippen molar-refractivity contribution >= 4 is 78.2 Å². The van der Waals surface area contributed by atoms with Gasteiger partial charge in [-0.2, -0.15) is 0 Å². The van der Waals surface area contributed by atoms with Crippen LogP contribution < -0.4 is 26.6 Å². The predicted molar refractivity (Wildman–Crippen MR) is 253 cm³/mol. The van der Waals surface area contributed by atoms with E-state index < -0.39 is 37.3 Å². The van der Waals surface area contributed by atoms with Gasteiger partial charge in [0.1, 0.15) is 21.2 Å². The molecule has 2 saturated heterocycles. The van der Waals surface area contributed by atoms with Gasteiger partial charge >= 0.3 is 11.5 Å². The number of likely N-dealkylation sites (tertiary alicyclic amines) is 1. The summed E-state index contributed by atoms with van der Waals surface area (Å²) in [5.41, 5.74) is 0.0176. The van der Waals surface area contributed by atoms with Crippen LogP contribution in [0.1, 0.15) is 95.1 Å². The maximum atomic E-state index is 12.9. The number of nitrogens with zero attached hydrogens (tertiary/aromatic N) is 3. The topological polar surface area (TPSA) is 262 Å². The summed E-state index contributed by atoms with van der Waals surface area (Å²) in [6.45, 7) is 11.1. The number of hydrogen-bond acceptors (Lipinski definition) is 13. The van der Waals surface area contributed by atoms with Crippen LogP contribution in [-0.2, 0) is 50.6 Å². The molecule has 6 heterocycles. The Kier molecular flexibility index (Phi) is 19.8. The Bertz CT molecular complexity index is 2750. The Morgan fingerprint density at radius 2 is 1.10 bits per heavy atom. The van der Waals surface area contributed by atoms with E-state index in [1.165, 1.54) is 73.1 Å². The van der Waals surface area contributed by atoms with Crippen molar-refractivity contribution in [3.63, 3.8) is 0 Å². The maximum absolute atomic E-state index is 12.9. The smallest absolute Gasteiger partial charge is 0.410 e. The van der Waals surface area contributed by atoms with E-state index in [-0.39, 0.29) is 103 Å². The van der Waals surface area contributed by atoms with Crippen molar-refractivity contribution in [1.82, 2.24) is 28.8 Å². The molecule has 374 valence electrons. The molecule has 2 aromatic heterocycles. The van der Waals surface area contributed by atoms with Crippen LogP contribution in [0, 0.1) is 19.3 Å². The van der Waals surface area contributed by atoms with E-state index in [0.29, 0.717) is 37.7 Å². The molecule has 0 bridgehead atoms. The van der Waals surface area contributed by atoms with Crippen LogP contribution in [-0.4, -0.2) is 116 Å². The minimum Gasteiger partial charge on any atom is -0.451 e. The molecule has 0 aliphatic carbocycles. The van der Waals surface area contributed by atoms with Crippen LogP contribution in [0.25, 0.3) is 0 Å². The molecule has 69 heavy (non-hydrogen) atoms. The van der Waals surface area contributed by atoms with E-state index in [9.17, 15) is 45.6 Å². The maximum Gasteiger partial charge on any atom is 0.410 e. The Morgan fingerprint density at radius 3 is 1.49 bits per heavy atom. The minimum absolute atomic E-state index is 0. The summed E-state index contributed by atoms with van der Waals surface area (Å²) in [6, 6.07) is 14.2. The first kappa shape index (κ1) is 56.0. The molecule has 0 saturated carbocycles. The second-order valence-electron chi connectivity index (χ2n) is 16.6. The van der Waals surface area contributed by atoms with Gasteiger partial charge in [0, 0.05) is 82.4 Å². The second kappa shape index (κ2) is 24.3. The number of hydrogen-bond donors (Lipinski definition) is 5. The molecule has 4 aromatic rings. The number of rotatable bonds is 8. The number of anilines is 2. The first-order valence-corrected chi connectivity index (χ1v) is 24.9. The number of carbonyl (C=O) groups excluding carboxylic acids is 6. The number of halogens is 1. The molecule has 0 atom stereocenters. The van der Waals surface area contributed by atoms with Gasteiger partial charge < -0.3 is 48.4 Å². The van der Waals surface area contributed by atoms with Crippen molar-refractivity contribution in [2.24, 2.45) is 11.8 Å². The average molecular weight is 1180 g/mol. The molecule has 0 unspecified atom stereocenters. The van der Waals surface area contributed by atoms with E-state index in [2.05, 4.69) is 31.3 Å². The summed E-state index contributed by atoms with van der Waals surface area (Å²) < 4.78 is 62.9. The van der Waals surface area contributed by atoms with Gasteiger partial charge in [0.05, 0.1) is 23.6 Å². The summed E-state index contributed by atoms with van der Waals surface area (Å²) in [5, 5.41) is 14.2. The third-order valence-electron chi connectivity index (χ3n) is 11.0. The molecule has 20 nitrogen and oxygen atoms in total. The molecule has 5 amide bonds. The zero-order valence-corrected chi connectivity index (χ0v) is 44.0. The van der Waals surface area contributed by atoms with Crippen molar-refractivity contribution in [2.45, 2.75) is 75.4 Å². The summed E-state index contributed by atoms with van der Waals surface area (Å²) in [5.74, 6) is -1.11. The summed E-state index contributed by atoms with van der Waals surface area (Å²) in [7, 11) is -7.86. The SMILES string of the molecule is CC(C)OC(=O)Cl.CC(C)OC(=O)N1CCC(CNC(=O)c2ccc3c(c2)NC(=O)c2cccn2S3(=O)=O)CC1.O=C(NCC1CCNCC1)c1ccc2c(c1)NC(=O)c1cccn1S2(=O)=O.[CH3-].[W]. The van der Waals surface area contributed by atoms with Crippen LogP contribution in [0.5, 0.6) is 0 Å². The van der Waals surface area contributed by atoms with Crippen LogP contribution in [0.15, 0.2) is 82.8 Å². The van der Waals surface area contributed by atoms with Crippen molar-refractivity contribution in [2.75, 3.05) is 49.9 Å². The van der Waals surface area contributed by atoms with Crippen molar-refractivity contribution in [1.29, 1.82) is 0 Å². The molecular formula is C45H56ClN8O12S2W-. The van der Waals surface area contributed by atoms with Gasteiger partial charge in [0.15, 0.2) is 0 Å². The van der Waals surface area contributed by atoms with Crippen molar-refractivity contribution in [3.8, 4) is 0 Å². The number of amides is 5. The molecule has 4 aliphatic heterocycles. The quantitative estimate of drug-likeness (QED) is 0.108.